The van der Waals surface area contributed by atoms with Gasteiger partial charge in [-0.1, -0.05) is 30.3 Å². The third-order valence-corrected chi connectivity index (χ3v) is 3.20. The molecule has 1 aromatic heterocycles. The highest BCUT2D eigenvalue weighted by atomic mass is 16.5. The predicted molar refractivity (Wildman–Crippen MR) is 71.5 cm³/mol. The minimum atomic E-state index is 0.350. The summed E-state index contributed by atoms with van der Waals surface area (Å²) in [6.45, 7) is 3.58. The number of hydrogen-bond acceptors (Lipinski definition) is 3. The molecule has 92 valence electrons. The third-order valence-electron chi connectivity index (χ3n) is 3.20. The van der Waals surface area contributed by atoms with E-state index in [-0.39, 0.29) is 0 Å². The van der Waals surface area contributed by atoms with Crippen LogP contribution < -0.4 is 10.1 Å². The van der Waals surface area contributed by atoms with Crippen molar-refractivity contribution in [1.29, 1.82) is 0 Å². The van der Waals surface area contributed by atoms with Crippen molar-refractivity contribution in [2.45, 2.75) is 19.5 Å². The average Bonchev–Trinajstić information content (AvgIpc) is 2.62. The van der Waals surface area contributed by atoms with Crippen molar-refractivity contribution in [3.63, 3.8) is 0 Å². The van der Waals surface area contributed by atoms with Crippen molar-refractivity contribution in [3.8, 4) is 17.0 Å². The first-order valence-corrected chi connectivity index (χ1v) is 6.24. The van der Waals surface area contributed by atoms with Gasteiger partial charge >= 0.3 is 0 Å². The van der Waals surface area contributed by atoms with Gasteiger partial charge in [0.25, 0.3) is 0 Å². The number of nitrogens with one attached hydrogen (secondary N) is 1. The first kappa shape index (κ1) is 11.2. The summed E-state index contributed by atoms with van der Waals surface area (Å²) in [4.78, 5) is 4.34. The minimum absolute atomic E-state index is 0.350. The number of ether oxygens (including phenoxy) is 1. The second kappa shape index (κ2) is 4.78. The van der Waals surface area contributed by atoms with Crippen molar-refractivity contribution in [2.75, 3.05) is 6.61 Å². The number of fused-ring (bicyclic) bond motifs is 1. The zero-order valence-electron chi connectivity index (χ0n) is 10.4. The van der Waals surface area contributed by atoms with Crippen LogP contribution in [0.2, 0.25) is 0 Å². The van der Waals surface area contributed by atoms with Gasteiger partial charge in [-0.05, 0) is 24.1 Å². The van der Waals surface area contributed by atoms with Crippen molar-refractivity contribution < 1.29 is 4.74 Å². The molecule has 1 atom stereocenters. The van der Waals surface area contributed by atoms with Crippen molar-refractivity contribution in [1.82, 2.24) is 10.3 Å². The molecule has 3 rings (SSSR count). The lowest BCUT2D eigenvalue weighted by atomic mass is 10.0. The van der Waals surface area contributed by atoms with Gasteiger partial charge in [-0.25, -0.2) is 4.98 Å². The van der Waals surface area contributed by atoms with E-state index >= 15 is 0 Å². The van der Waals surface area contributed by atoms with Crippen LogP contribution in [-0.2, 0) is 6.54 Å². The second-order valence-electron chi connectivity index (χ2n) is 4.60. The molecule has 1 aliphatic rings. The van der Waals surface area contributed by atoms with Gasteiger partial charge in [0.1, 0.15) is 6.61 Å². The molecular weight excluding hydrogens is 224 g/mol. The van der Waals surface area contributed by atoms with E-state index in [1.54, 1.807) is 0 Å². The van der Waals surface area contributed by atoms with E-state index in [0.29, 0.717) is 12.6 Å². The molecule has 18 heavy (non-hydrogen) atoms. The number of benzene rings is 1. The van der Waals surface area contributed by atoms with E-state index in [1.165, 1.54) is 11.1 Å². The summed E-state index contributed by atoms with van der Waals surface area (Å²) in [7, 11) is 0. The first-order valence-electron chi connectivity index (χ1n) is 6.24. The standard InChI is InChI=1S/C15H16N2O/c1-11-10-18-15-14(9-17-11)13(7-8-16-15)12-5-3-2-4-6-12/h2-8,11,17H,9-10H2,1H3. The molecule has 1 N–H and O–H groups in total. The normalized spacial score (nSPS) is 18.6. The SMILES string of the molecule is CC1COc2nccc(-c3ccccc3)c2CN1. The Labute approximate surface area is 107 Å². The highest BCUT2D eigenvalue weighted by Gasteiger charge is 2.17. The molecular formula is C15H16N2O. The molecule has 1 unspecified atom stereocenters. The molecule has 3 nitrogen and oxygen atoms in total. The summed E-state index contributed by atoms with van der Waals surface area (Å²) in [5.74, 6) is 0.758. The Hall–Kier alpha value is -1.87. The largest absolute Gasteiger partial charge is 0.476 e. The molecule has 0 bridgehead atoms. The lowest BCUT2D eigenvalue weighted by Gasteiger charge is -2.10. The molecule has 0 amide bonds. The summed E-state index contributed by atoms with van der Waals surface area (Å²) < 4.78 is 5.75. The Morgan fingerprint density at radius 1 is 1.22 bits per heavy atom. The molecule has 0 aliphatic carbocycles. The van der Waals surface area contributed by atoms with Crippen molar-refractivity contribution >= 4 is 0 Å². The molecule has 2 heterocycles. The van der Waals surface area contributed by atoms with Gasteiger partial charge in [0.05, 0.1) is 0 Å². The van der Waals surface area contributed by atoms with Crippen LogP contribution in [0.4, 0.5) is 0 Å². The molecule has 0 radical (unpaired) electrons. The fraction of sp³-hybridized carbons (Fsp3) is 0.267. The van der Waals surface area contributed by atoms with Gasteiger partial charge in [0.15, 0.2) is 0 Å². The van der Waals surface area contributed by atoms with Gasteiger partial charge in [0, 0.05) is 24.3 Å². The Kier molecular flexibility index (Phi) is 2.99. The van der Waals surface area contributed by atoms with E-state index in [9.17, 15) is 0 Å². The quantitative estimate of drug-likeness (QED) is 0.832. The smallest absolute Gasteiger partial charge is 0.218 e. The van der Waals surface area contributed by atoms with Gasteiger partial charge in [-0.3, -0.25) is 0 Å². The zero-order chi connectivity index (χ0) is 12.4. The number of rotatable bonds is 1. The van der Waals surface area contributed by atoms with E-state index in [1.807, 2.05) is 12.3 Å². The topological polar surface area (TPSA) is 34.1 Å². The summed E-state index contributed by atoms with van der Waals surface area (Å²) >= 11 is 0. The fourth-order valence-electron chi connectivity index (χ4n) is 2.20. The van der Waals surface area contributed by atoms with E-state index in [0.717, 1.165) is 18.0 Å². The lowest BCUT2D eigenvalue weighted by molar-refractivity contribution is 0.278. The van der Waals surface area contributed by atoms with Crippen LogP contribution in [0.5, 0.6) is 5.88 Å². The summed E-state index contributed by atoms with van der Waals surface area (Å²) in [6.07, 6.45) is 1.82. The monoisotopic (exact) mass is 240 g/mol. The molecule has 0 saturated heterocycles. The fourth-order valence-corrected chi connectivity index (χ4v) is 2.20. The predicted octanol–water partition coefficient (Wildman–Crippen LogP) is 2.62. The van der Waals surface area contributed by atoms with Crippen LogP contribution in [-0.4, -0.2) is 17.6 Å². The zero-order valence-corrected chi connectivity index (χ0v) is 10.4. The Morgan fingerprint density at radius 3 is 2.89 bits per heavy atom. The summed E-state index contributed by atoms with van der Waals surface area (Å²) in [5.41, 5.74) is 3.55. The third kappa shape index (κ3) is 2.09. The van der Waals surface area contributed by atoms with Crippen molar-refractivity contribution in [3.05, 3.63) is 48.2 Å². The van der Waals surface area contributed by atoms with Crippen LogP contribution in [0.25, 0.3) is 11.1 Å². The van der Waals surface area contributed by atoms with Crippen LogP contribution >= 0.6 is 0 Å². The number of aromatic nitrogens is 1. The van der Waals surface area contributed by atoms with Crippen LogP contribution in [0.3, 0.4) is 0 Å². The molecule has 1 aliphatic heterocycles. The van der Waals surface area contributed by atoms with Crippen LogP contribution in [0.1, 0.15) is 12.5 Å². The van der Waals surface area contributed by atoms with Crippen LogP contribution in [0, 0.1) is 0 Å². The molecule has 3 heteroatoms. The van der Waals surface area contributed by atoms with Gasteiger partial charge in [0.2, 0.25) is 5.88 Å². The molecule has 2 aromatic rings. The average molecular weight is 240 g/mol. The summed E-state index contributed by atoms with van der Waals surface area (Å²) in [5, 5.41) is 3.45. The lowest BCUT2D eigenvalue weighted by Crippen LogP contribution is -2.28. The van der Waals surface area contributed by atoms with Gasteiger partial charge in [-0.2, -0.15) is 0 Å². The number of pyridine rings is 1. The highest BCUT2D eigenvalue weighted by Crippen LogP contribution is 2.30. The van der Waals surface area contributed by atoms with Gasteiger partial charge in [-0.15, -0.1) is 0 Å². The number of hydrogen-bond donors (Lipinski definition) is 1. The Balaban J connectivity index is 2.07. The first-order chi connectivity index (χ1) is 8.84. The van der Waals surface area contributed by atoms with Crippen LogP contribution in [0.15, 0.2) is 42.6 Å². The van der Waals surface area contributed by atoms with E-state index < -0.39 is 0 Å². The van der Waals surface area contributed by atoms with Gasteiger partial charge < -0.3 is 10.1 Å². The minimum Gasteiger partial charge on any atom is -0.476 e. The second-order valence-corrected chi connectivity index (χ2v) is 4.60. The van der Waals surface area contributed by atoms with Crippen molar-refractivity contribution in [2.24, 2.45) is 0 Å². The number of nitrogens with zero attached hydrogens (tertiary/aromatic N) is 1. The maximum absolute atomic E-state index is 5.75. The molecule has 0 saturated carbocycles. The molecule has 0 spiro atoms. The van der Waals surface area contributed by atoms with E-state index in [4.69, 9.17) is 4.74 Å². The van der Waals surface area contributed by atoms with E-state index in [2.05, 4.69) is 47.6 Å². The Bertz CT molecular complexity index is 539. The highest BCUT2D eigenvalue weighted by molar-refractivity contribution is 5.68. The molecule has 0 fully saturated rings. The Morgan fingerprint density at radius 2 is 2.06 bits per heavy atom. The molecule has 1 aromatic carbocycles. The maximum atomic E-state index is 5.75. The maximum Gasteiger partial charge on any atom is 0.218 e. The summed E-state index contributed by atoms with van der Waals surface area (Å²) in [6, 6.07) is 12.8.